The molecule has 0 atom stereocenters. The minimum Gasteiger partial charge on any atom is -0.343 e. The van der Waals surface area contributed by atoms with Gasteiger partial charge in [0.25, 0.3) is 11.6 Å². The predicted molar refractivity (Wildman–Crippen MR) is 97.7 cm³/mol. The first-order valence-electron chi connectivity index (χ1n) is 7.38. The number of nitrogens with zero attached hydrogens (tertiary/aromatic N) is 1. The Morgan fingerprint density at radius 3 is 2.40 bits per heavy atom. The van der Waals surface area contributed by atoms with E-state index in [2.05, 4.69) is 26.6 Å². The Hall–Kier alpha value is -2.74. The smallest absolute Gasteiger partial charge is 0.284 e. The topological polar surface area (TPSA) is 101 Å². The number of carbonyl (C=O) groups excluding carboxylic acids is 2. The molecule has 0 heterocycles. The second-order valence-electron chi connectivity index (χ2n) is 5.42. The van der Waals surface area contributed by atoms with Crippen LogP contribution in [0.4, 0.5) is 11.4 Å². The highest BCUT2D eigenvalue weighted by Gasteiger charge is 2.16. The molecule has 0 radical (unpaired) electrons. The first-order chi connectivity index (χ1) is 11.8. The molecule has 7 nitrogen and oxygen atoms in total. The van der Waals surface area contributed by atoms with E-state index >= 15 is 0 Å². The molecular formula is C17H16BrN3O4. The largest absolute Gasteiger partial charge is 0.343 e. The van der Waals surface area contributed by atoms with Gasteiger partial charge in [0.2, 0.25) is 5.91 Å². The Balaban J connectivity index is 2.01. The molecule has 130 valence electrons. The zero-order chi connectivity index (χ0) is 18.6. The van der Waals surface area contributed by atoms with Crippen LogP contribution in [0.1, 0.15) is 21.5 Å². The number of anilines is 1. The average Bonchev–Trinajstić information content (AvgIpc) is 2.56. The molecule has 2 N–H and O–H groups in total. The number of nitro groups is 1. The SMILES string of the molecule is Cc1cccc(C)c1NC(=O)CNC(=O)c1ccc(Br)c([N+](=O)[O-])c1. The van der Waals surface area contributed by atoms with Crippen molar-refractivity contribution in [1.82, 2.24) is 5.32 Å². The van der Waals surface area contributed by atoms with E-state index in [1.807, 2.05) is 32.0 Å². The zero-order valence-electron chi connectivity index (χ0n) is 13.6. The summed E-state index contributed by atoms with van der Waals surface area (Å²) in [7, 11) is 0. The molecular weight excluding hydrogens is 390 g/mol. The van der Waals surface area contributed by atoms with Crippen LogP contribution in [0.5, 0.6) is 0 Å². The van der Waals surface area contributed by atoms with Gasteiger partial charge in [-0.05, 0) is 53.0 Å². The van der Waals surface area contributed by atoms with Crippen molar-refractivity contribution in [3.8, 4) is 0 Å². The van der Waals surface area contributed by atoms with Gasteiger partial charge in [-0.25, -0.2) is 0 Å². The highest BCUT2D eigenvalue weighted by molar-refractivity contribution is 9.10. The second-order valence-corrected chi connectivity index (χ2v) is 6.28. The zero-order valence-corrected chi connectivity index (χ0v) is 15.2. The van der Waals surface area contributed by atoms with E-state index in [0.717, 1.165) is 17.2 Å². The van der Waals surface area contributed by atoms with Gasteiger partial charge >= 0.3 is 0 Å². The molecule has 0 spiro atoms. The summed E-state index contributed by atoms with van der Waals surface area (Å²) in [4.78, 5) is 34.5. The summed E-state index contributed by atoms with van der Waals surface area (Å²) < 4.78 is 0.279. The van der Waals surface area contributed by atoms with Crippen molar-refractivity contribution in [1.29, 1.82) is 0 Å². The van der Waals surface area contributed by atoms with E-state index in [4.69, 9.17) is 0 Å². The molecule has 8 heteroatoms. The number of nitrogens with one attached hydrogen (secondary N) is 2. The molecule has 2 amide bonds. The van der Waals surface area contributed by atoms with Crippen molar-refractivity contribution < 1.29 is 14.5 Å². The molecule has 0 aromatic heterocycles. The molecule has 2 rings (SSSR count). The Labute approximate surface area is 152 Å². The third-order valence-corrected chi connectivity index (χ3v) is 4.23. The van der Waals surface area contributed by atoms with Crippen LogP contribution in [0.2, 0.25) is 0 Å². The summed E-state index contributed by atoms with van der Waals surface area (Å²) in [6.07, 6.45) is 0. The number of rotatable bonds is 5. The van der Waals surface area contributed by atoms with Gasteiger partial charge in [-0.3, -0.25) is 19.7 Å². The van der Waals surface area contributed by atoms with Crippen LogP contribution in [0, 0.1) is 24.0 Å². The molecule has 0 saturated heterocycles. The maximum atomic E-state index is 12.1. The number of hydrogen-bond acceptors (Lipinski definition) is 4. The van der Waals surface area contributed by atoms with Gasteiger partial charge < -0.3 is 10.6 Å². The van der Waals surface area contributed by atoms with E-state index in [-0.39, 0.29) is 28.2 Å². The van der Waals surface area contributed by atoms with Crippen LogP contribution in [-0.2, 0) is 4.79 Å². The molecule has 25 heavy (non-hydrogen) atoms. The predicted octanol–water partition coefficient (Wildman–Crippen LogP) is 3.34. The summed E-state index contributed by atoms with van der Waals surface area (Å²) in [5.74, 6) is -0.940. The number of nitro benzene ring substituents is 1. The van der Waals surface area contributed by atoms with Crippen molar-refractivity contribution in [3.05, 3.63) is 67.7 Å². The fraction of sp³-hybridized carbons (Fsp3) is 0.176. The molecule has 0 aliphatic rings. The molecule has 0 aliphatic heterocycles. The third-order valence-electron chi connectivity index (χ3n) is 3.56. The fourth-order valence-electron chi connectivity index (χ4n) is 2.25. The third kappa shape index (κ3) is 4.63. The molecule has 0 unspecified atom stereocenters. The molecule has 2 aromatic rings. The highest BCUT2D eigenvalue weighted by Crippen LogP contribution is 2.25. The first kappa shape index (κ1) is 18.6. The minimum absolute atomic E-state index is 0.106. The molecule has 0 saturated carbocycles. The van der Waals surface area contributed by atoms with Crippen LogP contribution < -0.4 is 10.6 Å². The summed E-state index contributed by atoms with van der Waals surface area (Å²) in [5, 5.41) is 16.1. The van der Waals surface area contributed by atoms with Crippen molar-refractivity contribution in [2.75, 3.05) is 11.9 Å². The lowest BCUT2D eigenvalue weighted by Crippen LogP contribution is -2.33. The quantitative estimate of drug-likeness (QED) is 0.587. The van der Waals surface area contributed by atoms with E-state index in [9.17, 15) is 19.7 Å². The first-order valence-corrected chi connectivity index (χ1v) is 8.17. The normalized spacial score (nSPS) is 10.2. The molecule has 0 aliphatic carbocycles. The lowest BCUT2D eigenvalue weighted by molar-refractivity contribution is -0.385. The second kappa shape index (κ2) is 7.89. The lowest BCUT2D eigenvalue weighted by Gasteiger charge is -2.12. The number of para-hydroxylation sites is 1. The van der Waals surface area contributed by atoms with E-state index in [0.29, 0.717) is 5.69 Å². The summed E-state index contributed by atoms with van der Waals surface area (Å²) >= 11 is 3.06. The van der Waals surface area contributed by atoms with Gasteiger partial charge in [0.05, 0.1) is 15.9 Å². The van der Waals surface area contributed by atoms with Crippen molar-refractivity contribution in [3.63, 3.8) is 0 Å². The van der Waals surface area contributed by atoms with Gasteiger partial charge in [-0.1, -0.05) is 18.2 Å². The molecule has 2 aromatic carbocycles. The Kier molecular flexibility index (Phi) is 5.87. The standard InChI is InChI=1S/C17H16BrN3O4/c1-10-4-3-5-11(2)16(10)20-15(22)9-19-17(23)12-6-7-13(18)14(8-12)21(24)25/h3-8H,9H2,1-2H3,(H,19,23)(H,20,22). The number of benzene rings is 2. The van der Waals surface area contributed by atoms with Gasteiger partial charge in [0, 0.05) is 17.3 Å². The van der Waals surface area contributed by atoms with Crippen LogP contribution >= 0.6 is 15.9 Å². The van der Waals surface area contributed by atoms with E-state index in [1.54, 1.807) is 0 Å². The van der Waals surface area contributed by atoms with Gasteiger partial charge in [0.1, 0.15) is 0 Å². The molecule has 0 bridgehead atoms. The maximum absolute atomic E-state index is 12.1. The summed E-state index contributed by atoms with van der Waals surface area (Å²) in [6.45, 7) is 3.51. The van der Waals surface area contributed by atoms with Gasteiger partial charge in [0.15, 0.2) is 0 Å². The average molecular weight is 406 g/mol. The van der Waals surface area contributed by atoms with Crippen molar-refractivity contribution >= 4 is 39.1 Å². The number of carbonyl (C=O) groups is 2. The Morgan fingerprint density at radius 2 is 1.80 bits per heavy atom. The summed E-state index contributed by atoms with van der Waals surface area (Å²) in [5.41, 5.74) is 2.44. The van der Waals surface area contributed by atoms with Crippen LogP contribution in [0.15, 0.2) is 40.9 Å². The van der Waals surface area contributed by atoms with Gasteiger partial charge in [-0.15, -0.1) is 0 Å². The summed E-state index contributed by atoms with van der Waals surface area (Å²) in [6, 6.07) is 9.66. The van der Waals surface area contributed by atoms with E-state index in [1.165, 1.54) is 12.1 Å². The van der Waals surface area contributed by atoms with Gasteiger partial charge in [-0.2, -0.15) is 0 Å². The number of aryl methyl sites for hydroxylation is 2. The number of halogens is 1. The Morgan fingerprint density at radius 1 is 1.16 bits per heavy atom. The van der Waals surface area contributed by atoms with E-state index < -0.39 is 10.8 Å². The Bertz CT molecular complexity index is 832. The molecule has 0 fully saturated rings. The number of amides is 2. The fourth-order valence-corrected chi connectivity index (χ4v) is 2.64. The maximum Gasteiger partial charge on any atom is 0.284 e. The van der Waals surface area contributed by atoms with Crippen molar-refractivity contribution in [2.45, 2.75) is 13.8 Å². The van der Waals surface area contributed by atoms with Crippen LogP contribution in [0.25, 0.3) is 0 Å². The minimum atomic E-state index is -0.589. The highest BCUT2D eigenvalue weighted by atomic mass is 79.9. The lowest BCUT2D eigenvalue weighted by atomic mass is 10.1. The van der Waals surface area contributed by atoms with Crippen LogP contribution in [0.3, 0.4) is 0 Å². The number of hydrogen-bond donors (Lipinski definition) is 2. The van der Waals surface area contributed by atoms with Crippen LogP contribution in [-0.4, -0.2) is 23.3 Å². The monoisotopic (exact) mass is 405 g/mol. The van der Waals surface area contributed by atoms with Crippen molar-refractivity contribution in [2.24, 2.45) is 0 Å².